The third-order valence-electron chi connectivity index (χ3n) is 4.25. The fraction of sp³-hybridized carbons (Fsp3) is 0. The first-order chi connectivity index (χ1) is 13.4. The average Bonchev–Trinajstić information content (AvgIpc) is 3.16. The van der Waals surface area contributed by atoms with Crippen LogP contribution in [-0.4, -0.2) is 16.8 Å². The van der Waals surface area contributed by atoms with Gasteiger partial charge in [0, 0.05) is 10.8 Å². The highest BCUT2D eigenvalue weighted by Crippen LogP contribution is 2.32. The molecule has 0 bridgehead atoms. The van der Waals surface area contributed by atoms with Crippen LogP contribution in [0.4, 0.5) is 5.69 Å². The molecule has 5 nitrogen and oxygen atoms in total. The molecule has 0 saturated heterocycles. The van der Waals surface area contributed by atoms with Crippen molar-refractivity contribution in [3.8, 4) is 0 Å². The van der Waals surface area contributed by atoms with Crippen LogP contribution in [0.2, 0.25) is 0 Å². The summed E-state index contributed by atoms with van der Waals surface area (Å²) in [4.78, 5) is 0.119. The maximum atomic E-state index is 12.9. The number of thiophene rings is 1. The summed E-state index contributed by atoms with van der Waals surface area (Å²) >= 11 is 1.12. The van der Waals surface area contributed by atoms with E-state index in [1.807, 2.05) is 24.3 Å². The van der Waals surface area contributed by atoms with Gasteiger partial charge in [-0.05, 0) is 35.0 Å². The fourth-order valence-electron chi connectivity index (χ4n) is 2.83. The Morgan fingerprint density at radius 3 is 2.11 bits per heavy atom. The van der Waals surface area contributed by atoms with Crippen LogP contribution in [0.1, 0.15) is 0 Å². The number of rotatable bonds is 5. The number of anilines is 1. The zero-order valence-corrected chi connectivity index (χ0v) is 16.9. The topological polar surface area (TPSA) is 80.3 Å². The van der Waals surface area contributed by atoms with Crippen molar-refractivity contribution in [3.63, 3.8) is 0 Å². The lowest BCUT2D eigenvalue weighted by Gasteiger charge is -2.10. The van der Waals surface area contributed by atoms with Crippen LogP contribution in [0.5, 0.6) is 0 Å². The van der Waals surface area contributed by atoms with E-state index in [1.165, 1.54) is 29.0 Å². The Balaban J connectivity index is 1.73. The molecule has 0 aliphatic rings. The van der Waals surface area contributed by atoms with Gasteiger partial charge in [-0.3, -0.25) is 4.72 Å². The molecule has 4 rings (SSSR count). The molecule has 0 fully saturated rings. The van der Waals surface area contributed by atoms with Crippen LogP contribution in [0, 0.1) is 0 Å². The van der Waals surface area contributed by atoms with E-state index >= 15 is 0 Å². The Labute approximate surface area is 167 Å². The summed E-state index contributed by atoms with van der Waals surface area (Å²) in [5.74, 6) is 0. The van der Waals surface area contributed by atoms with Crippen molar-refractivity contribution in [2.45, 2.75) is 14.7 Å². The fourth-order valence-corrected chi connectivity index (χ4v) is 6.63. The molecule has 1 N–H and O–H groups in total. The molecule has 0 aliphatic carbocycles. The monoisotopic (exact) mass is 429 g/mol. The lowest BCUT2D eigenvalue weighted by atomic mass is 10.1. The van der Waals surface area contributed by atoms with E-state index in [4.69, 9.17) is 0 Å². The van der Waals surface area contributed by atoms with Gasteiger partial charge >= 0.3 is 0 Å². The molecule has 142 valence electrons. The molecule has 0 unspecified atom stereocenters. The number of hydrogen-bond donors (Lipinski definition) is 1. The van der Waals surface area contributed by atoms with Crippen LogP contribution in [-0.2, 0) is 19.9 Å². The van der Waals surface area contributed by atoms with Crippen molar-refractivity contribution in [1.82, 2.24) is 0 Å². The maximum Gasteiger partial charge on any atom is 0.261 e. The summed E-state index contributed by atoms with van der Waals surface area (Å²) in [5.41, 5.74) is 0.0435. The van der Waals surface area contributed by atoms with Crippen LogP contribution in [0.15, 0.2) is 98.2 Å². The zero-order chi connectivity index (χ0) is 19.8. The quantitative estimate of drug-likeness (QED) is 0.505. The molecular formula is C20H15NO4S3. The summed E-state index contributed by atoms with van der Waals surface area (Å²) in [5, 5.41) is 4.62. The van der Waals surface area contributed by atoms with E-state index < -0.39 is 19.9 Å². The Bertz CT molecular complexity index is 1360. The Kier molecular flexibility index (Phi) is 4.70. The van der Waals surface area contributed by atoms with Gasteiger partial charge in [0.25, 0.3) is 10.0 Å². The summed E-state index contributed by atoms with van der Waals surface area (Å²) in [7, 11) is -7.78. The van der Waals surface area contributed by atoms with Crippen LogP contribution in [0.25, 0.3) is 10.8 Å². The Hall–Kier alpha value is -2.68. The van der Waals surface area contributed by atoms with Crippen LogP contribution in [0.3, 0.4) is 0 Å². The molecule has 4 aromatic rings. The molecule has 3 aromatic carbocycles. The minimum Gasteiger partial charge on any atom is -0.277 e. The van der Waals surface area contributed by atoms with Crippen molar-refractivity contribution >= 4 is 47.7 Å². The number of nitrogens with one attached hydrogen (secondary N) is 1. The third kappa shape index (κ3) is 3.42. The first-order valence-corrected chi connectivity index (χ1v) is 12.2. The predicted molar refractivity (Wildman–Crippen MR) is 111 cm³/mol. The molecule has 8 heteroatoms. The minimum atomic E-state index is -3.95. The van der Waals surface area contributed by atoms with E-state index in [-0.39, 0.29) is 20.4 Å². The van der Waals surface area contributed by atoms with Crippen LogP contribution < -0.4 is 4.72 Å². The molecule has 1 aromatic heterocycles. The van der Waals surface area contributed by atoms with Gasteiger partial charge in [0.15, 0.2) is 0 Å². The van der Waals surface area contributed by atoms with Gasteiger partial charge in [-0.15, -0.1) is 11.3 Å². The third-order valence-corrected chi connectivity index (χ3v) is 8.31. The highest BCUT2D eigenvalue weighted by Gasteiger charge is 2.25. The molecule has 0 spiro atoms. The lowest BCUT2D eigenvalue weighted by Crippen LogP contribution is -2.14. The van der Waals surface area contributed by atoms with Gasteiger partial charge < -0.3 is 0 Å². The second kappa shape index (κ2) is 7.05. The number of sulfonamides is 1. The number of hydrogen-bond acceptors (Lipinski definition) is 5. The standard InChI is InChI=1S/C20H15NO4S3/c22-27(23,17-8-2-1-3-9-17)20-14-26-13-19(20)21-28(24,25)18-11-10-15-6-4-5-7-16(15)12-18/h1-14,21H. The second-order valence-electron chi connectivity index (χ2n) is 6.08. The molecule has 28 heavy (non-hydrogen) atoms. The number of benzene rings is 3. The molecule has 0 amide bonds. The van der Waals surface area contributed by atoms with Crippen molar-refractivity contribution in [2.75, 3.05) is 4.72 Å². The summed E-state index contributed by atoms with van der Waals surface area (Å²) in [6.07, 6.45) is 0. The molecule has 0 aliphatic heterocycles. The Morgan fingerprint density at radius 2 is 1.36 bits per heavy atom. The van der Waals surface area contributed by atoms with Crippen LogP contribution >= 0.6 is 11.3 Å². The SMILES string of the molecule is O=S(=O)(Nc1cscc1S(=O)(=O)c1ccccc1)c1ccc2ccccc2c1. The zero-order valence-electron chi connectivity index (χ0n) is 14.4. The first-order valence-electron chi connectivity index (χ1n) is 8.26. The molecular weight excluding hydrogens is 414 g/mol. The van der Waals surface area contributed by atoms with Gasteiger partial charge in [-0.25, -0.2) is 16.8 Å². The van der Waals surface area contributed by atoms with Gasteiger partial charge in [-0.2, -0.15) is 0 Å². The molecule has 0 saturated carbocycles. The largest absolute Gasteiger partial charge is 0.277 e. The number of sulfone groups is 1. The average molecular weight is 430 g/mol. The second-order valence-corrected chi connectivity index (χ2v) is 10.4. The maximum absolute atomic E-state index is 12.9. The summed E-state index contributed by atoms with van der Waals surface area (Å²) < 4.78 is 53.9. The molecule has 0 atom stereocenters. The van der Waals surface area contributed by atoms with E-state index in [1.54, 1.807) is 30.3 Å². The van der Waals surface area contributed by atoms with Crippen molar-refractivity contribution in [3.05, 3.63) is 83.6 Å². The van der Waals surface area contributed by atoms with E-state index in [0.29, 0.717) is 0 Å². The molecule has 0 radical (unpaired) electrons. The summed E-state index contributed by atoms with van der Waals surface area (Å²) in [6.45, 7) is 0. The van der Waals surface area contributed by atoms with E-state index in [0.717, 1.165) is 22.1 Å². The minimum absolute atomic E-state index is 0.0435. The predicted octanol–water partition coefficient (Wildman–Crippen LogP) is 4.53. The van der Waals surface area contributed by atoms with Crippen molar-refractivity contribution < 1.29 is 16.8 Å². The lowest BCUT2D eigenvalue weighted by molar-refractivity contribution is 0.597. The normalized spacial score (nSPS) is 12.1. The van der Waals surface area contributed by atoms with Gasteiger partial charge in [0.1, 0.15) is 4.90 Å². The smallest absolute Gasteiger partial charge is 0.261 e. The van der Waals surface area contributed by atoms with Gasteiger partial charge in [0.05, 0.1) is 15.5 Å². The van der Waals surface area contributed by atoms with Gasteiger partial charge in [0.2, 0.25) is 9.84 Å². The van der Waals surface area contributed by atoms with Gasteiger partial charge in [-0.1, -0.05) is 48.5 Å². The molecule has 1 heterocycles. The summed E-state index contributed by atoms with van der Waals surface area (Å²) in [6, 6.07) is 20.1. The number of fused-ring (bicyclic) bond motifs is 1. The Morgan fingerprint density at radius 1 is 0.679 bits per heavy atom. The van der Waals surface area contributed by atoms with Crippen molar-refractivity contribution in [2.24, 2.45) is 0 Å². The first kappa shape index (κ1) is 18.7. The van der Waals surface area contributed by atoms with E-state index in [9.17, 15) is 16.8 Å². The highest BCUT2D eigenvalue weighted by molar-refractivity contribution is 7.93. The van der Waals surface area contributed by atoms with Crippen molar-refractivity contribution in [1.29, 1.82) is 0 Å². The highest BCUT2D eigenvalue weighted by atomic mass is 32.2. The van der Waals surface area contributed by atoms with E-state index in [2.05, 4.69) is 4.72 Å².